The van der Waals surface area contributed by atoms with Gasteiger partial charge < -0.3 is 20.7 Å². The van der Waals surface area contributed by atoms with Crippen LogP contribution in [0.3, 0.4) is 0 Å². The quantitative estimate of drug-likeness (QED) is 0.700. The van der Waals surface area contributed by atoms with Crippen molar-refractivity contribution >= 4 is 23.3 Å². The second-order valence-electron chi connectivity index (χ2n) is 9.17. The summed E-state index contributed by atoms with van der Waals surface area (Å²) in [5, 5.41) is 2.98. The number of hydrogen-bond donors (Lipinski definition) is 2. The van der Waals surface area contributed by atoms with E-state index in [0.717, 1.165) is 62.6 Å². The number of anilines is 2. The molecule has 0 aliphatic carbocycles. The van der Waals surface area contributed by atoms with E-state index in [9.17, 15) is 9.59 Å². The van der Waals surface area contributed by atoms with Gasteiger partial charge in [0.2, 0.25) is 5.91 Å². The van der Waals surface area contributed by atoms with E-state index in [-0.39, 0.29) is 29.9 Å². The lowest BCUT2D eigenvalue weighted by Gasteiger charge is -2.36. The summed E-state index contributed by atoms with van der Waals surface area (Å²) >= 11 is 0. The molecule has 1 aromatic carbocycles. The molecule has 176 valence electrons. The van der Waals surface area contributed by atoms with E-state index < -0.39 is 0 Å². The number of ether oxygens (including phenoxy) is 1. The van der Waals surface area contributed by atoms with Crippen LogP contribution in [0.4, 0.5) is 11.5 Å². The van der Waals surface area contributed by atoms with Crippen molar-refractivity contribution in [3.05, 3.63) is 53.7 Å². The number of hydrogen-bond acceptors (Lipinski definition) is 6. The van der Waals surface area contributed by atoms with Gasteiger partial charge in [0.1, 0.15) is 5.82 Å². The van der Waals surface area contributed by atoms with Crippen LogP contribution in [0.25, 0.3) is 0 Å². The fourth-order valence-electron chi connectivity index (χ4n) is 4.66. The molecule has 0 radical (unpaired) electrons. The van der Waals surface area contributed by atoms with Crippen molar-refractivity contribution in [3.63, 3.8) is 0 Å². The molecule has 2 aliphatic rings. The largest absolute Gasteiger partial charge is 0.372 e. The average Bonchev–Trinajstić information content (AvgIpc) is 2.79. The van der Waals surface area contributed by atoms with Gasteiger partial charge in [-0.05, 0) is 69.6 Å². The Balaban J connectivity index is 1.33. The number of aromatic nitrogens is 1. The lowest BCUT2D eigenvalue weighted by Crippen LogP contribution is -2.45. The second kappa shape index (κ2) is 10.3. The molecule has 3 N–H and O–H groups in total. The summed E-state index contributed by atoms with van der Waals surface area (Å²) in [5.41, 5.74) is 7.82. The molecule has 33 heavy (non-hydrogen) atoms. The van der Waals surface area contributed by atoms with Gasteiger partial charge in [-0.25, -0.2) is 4.98 Å². The number of primary amides is 1. The molecule has 0 saturated carbocycles. The number of nitrogens with two attached hydrogens (primary N) is 1. The Morgan fingerprint density at radius 1 is 1.12 bits per heavy atom. The average molecular weight is 452 g/mol. The number of piperidine rings is 1. The van der Waals surface area contributed by atoms with Crippen molar-refractivity contribution in [1.29, 1.82) is 0 Å². The van der Waals surface area contributed by atoms with Gasteiger partial charge in [-0.1, -0.05) is 12.1 Å². The molecular weight excluding hydrogens is 418 g/mol. The van der Waals surface area contributed by atoms with Crippen molar-refractivity contribution in [2.45, 2.75) is 45.4 Å². The maximum Gasteiger partial charge on any atom is 0.257 e. The Morgan fingerprint density at radius 2 is 1.85 bits per heavy atom. The fourth-order valence-corrected chi connectivity index (χ4v) is 4.66. The third kappa shape index (κ3) is 6.09. The first-order chi connectivity index (χ1) is 15.9. The SMILES string of the molecule is CC1CN(c2ccc(C(=O)Nc3cccc(CN4CCC(C(N)=O)CC4)c3)cn2)CC(C)O1. The molecule has 2 atom stereocenters. The topological polar surface area (TPSA) is 101 Å². The number of nitrogens with zero attached hydrogens (tertiary/aromatic N) is 3. The van der Waals surface area contributed by atoms with Gasteiger partial charge in [0.05, 0.1) is 17.8 Å². The Hall–Kier alpha value is -2.97. The van der Waals surface area contributed by atoms with Crippen LogP contribution >= 0.6 is 0 Å². The first kappa shape index (κ1) is 23.2. The molecule has 3 heterocycles. The van der Waals surface area contributed by atoms with Crippen LogP contribution < -0.4 is 16.0 Å². The number of morpholine rings is 1. The molecule has 0 bridgehead atoms. The molecule has 8 heteroatoms. The Kier molecular flexibility index (Phi) is 7.25. The van der Waals surface area contributed by atoms with E-state index in [4.69, 9.17) is 10.5 Å². The number of benzene rings is 1. The fraction of sp³-hybridized carbons (Fsp3) is 0.480. The lowest BCUT2D eigenvalue weighted by molar-refractivity contribution is -0.123. The molecule has 4 rings (SSSR count). The zero-order chi connectivity index (χ0) is 23.4. The zero-order valence-electron chi connectivity index (χ0n) is 19.4. The van der Waals surface area contributed by atoms with Crippen molar-refractivity contribution in [2.75, 3.05) is 36.4 Å². The van der Waals surface area contributed by atoms with Crippen LogP contribution in [0.15, 0.2) is 42.6 Å². The van der Waals surface area contributed by atoms with E-state index in [1.807, 2.05) is 30.3 Å². The molecule has 2 aromatic rings. The maximum absolute atomic E-state index is 12.8. The van der Waals surface area contributed by atoms with Gasteiger partial charge in [-0.3, -0.25) is 14.5 Å². The van der Waals surface area contributed by atoms with Gasteiger partial charge in [0.15, 0.2) is 0 Å². The first-order valence-electron chi connectivity index (χ1n) is 11.7. The minimum atomic E-state index is -0.198. The number of rotatable bonds is 6. The highest BCUT2D eigenvalue weighted by Gasteiger charge is 2.24. The van der Waals surface area contributed by atoms with Crippen LogP contribution in [0.2, 0.25) is 0 Å². The highest BCUT2D eigenvalue weighted by molar-refractivity contribution is 6.04. The van der Waals surface area contributed by atoms with Crippen molar-refractivity contribution in [3.8, 4) is 0 Å². The zero-order valence-corrected chi connectivity index (χ0v) is 19.4. The standard InChI is InChI=1S/C25H33N5O3/c1-17-14-30(15-18(2)33-17)23-7-6-21(13-27-23)25(32)28-22-5-3-4-19(12-22)16-29-10-8-20(9-11-29)24(26)31/h3-7,12-13,17-18,20H,8-11,14-16H2,1-2H3,(H2,26,31)(H,28,32). The third-order valence-electron chi connectivity index (χ3n) is 6.33. The minimum Gasteiger partial charge on any atom is -0.372 e. The van der Waals surface area contributed by atoms with E-state index in [2.05, 4.69) is 40.0 Å². The summed E-state index contributed by atoms with van der Waals surface area (Å²) in [6.45, 7) is 8.17. The predicted molar refractivity (Wildman–Crippen MR) is 128 cm³/mol. The number of carbonyl (C=O) groups is 2. The van der Waals surface area contributed by atoms with Crippen molar-refractivity contribution < 1.29 is 14.3 Å². The number of amides is 2. The summed E-state index contributed by atoms with van der Waals surface area (Å²) in [5.74, 6) is 0.464. The van der Waals surface area contributed by atoms with Crippen molar-refractivity contribution in [1.82, 2.24) is 9.88 Å². The third-order valence-corrected chi connectivity index (χ3v) is 6.33. The highest BCUT2D eigenvalue weighted by Crippen LogP contribution is 2.21. The molecule has 2 unspecified atom stereocenters. The number of nitrogens with one attached hydrogen (secondary N) is 1. The van der Waals surface area contributed by atoms with Crippen LogP contribution in [0.5, 0.6) is 0 Å². The van der Waals surface area contributed by atoms with Gasteiger partial charge >= 0.3 is 0 Å². The monoisotopic (exact) mass is 451 g/mol. The Morgan fingerprint density at radius 3 is 2.48 bits per heavy atom. The predicted octanol–water partition coefficient (Wildman–Crippen LogP) is 2.64. The van der Waals surface area contributed by atoms with E-state index in [1.54, 1.807) is 6.20 Å². The maximum atomic E-state index is 12.8. The summed E-state index contributed by atoms with van der Waals surface area (Å²) in [7, 11) is 0. The number of pyridine rings is 1. The molecular formula is C25H33N5O3. The summed E-state index contributed by atoms with van der Waals surface area (Å²) < 4.78 is 5.78. The summed E-state index contributed by atoms with van der Waals surface area (Å²) in [6.07, 6.45) is 3.54. The highest BCUT2D eigenvalue weighted by atomic mass is 16.5. The number of carbonyl (C=O) groups excluding carboxylic acids is 2. The lowest BCUT2D eigenvalue weighted by atomic mass is 9.96. The van der Waals surface area contributed by atoms with Crippen LogP contribution in [0, 0.1) is 5.92 Å². The molecule has 0 spiro atoms. The van der Waals surface area contributed by atoms with Crippen LogP contribution in [-0.2, 0) is 16.1 Å². The van der Waals surface area contributed by atoms with E-state index in [0.29, 0.717) is 5.56 Å². The van der Waals surface area contributed by atoms with E-state index >= 15 is 0 Å². The summed E-state index contributed by atoms with van der Waals surface area (Å²) in [4.78, 5) is 33.2. The van der Waals surface area contributed by atoms with Crippen LogP contribution in [-0.4, -0.2) is 60.1 Å². The molecule has 8 nitrogen and oxygen atoms in total. The van der Waals surface area contributed by atoms with Gasteiger partial charge in [-0.2, -0.15) is 0 Å². The van der Waals surface area contributed by atoms with Gasteiger partial charge in [0.25, 0.3) is 5.91 Å². The Labute approximate surface area is 195 Å². The van der Waals surface area contributed by atoms with E-state index in [1.165, 1.54) is 0 Å². The molecule has 2 saturated heterocycles. The Bertz CT molecular complexity index is 962. The second-order valence-corrected chi connectivity index (χ2v) is 9.17. The molecule has 2 amide bonds. The first-order valence-corrected chi connectivity index (χ1v) is 11.7. The van der Waals surface area contributed by atoms with Crippen molar-refractivity contribution in [2.24, 2.45) is 11.7 Å². The summed E-state index contributed by atoms with van der Waals surface area (Å²) in [6, 6.07) is 11.6. The van der Waals surface area contributed by atoms with Gasteiger partial charge in [-0.15, -0.1) is 0 Å². The van der Waals surface area contributed by atoms with Gasteiger partial charge in [0, 0.05) is 37.4 Å². The molecule has 1 aromatic heterocycles. The normalized spacial score (nSPS) is 22.2. The molecule has 2 fully saturated rings. The smallest absolute Gasteiger partial charge is 0.257 e. The number of likely N-dealkylation sites (tertiary alicyclic amines) is 1. The minimum absolute atomic E-state index is 0.0121. The van der Waals surface area contributed by atoms with Crippen LogP contribution in [0.1, 0.15) is 42.6 Å². The molecule has 2 aliphatic heterocycles.